The molecule has 2 aromatic rings. The number of aromatic nitrogens is 1. The molecule has 1 unspecified atom stereocenters. The molecule has 0 saturated heterocycles. The van der Waals surface area contributed by atoms with E-state index in [0.29, 0.717) is 16.9 Å². The molecule has 106 valence electrons. The molecule has 0 aliphatic rings. The van der Waals surface area contributed by atoms with Crippen LogP contribution in [0.4, 0.5) is 5.69 Å². The van der Waals surface area contributed by atoms with Gasteiger partial charge >= 0.3 is 0 Å². The second-order valence-electron chi connectivity index (χ2n) is 4.78. The summed E-state index contributed by atoms with van der Waals surface area (Å²) < 4.78 is 0. The molecular weight excluding hydrogens is 264 g/mol. The number of benzene rings is 1. The first kappa shape index (κ1) is 14.5. The SMILES string of the molecule is CC(NC(=O)Cc1ccc(N)cn1)c1ccc(C#N)cc1. The highest BCUT2D eigenvalue weighted by Crippen LogP contribution is 2.13. The van der Waals surface area contributed by atoms with Crippen molar-refractivity contribution in [2.45, 2.75) is 19.4 Å². The van der Waals surface area contributed by atoms with Crippen molar-refractivity contribution in [3.8, 4) is 6.07 Å². The zero-order chi connectivity index (χ0) is 15.2. The summed E-state index contributed by atoms with van der Waals surface area (Å²) in [4.78, 5) is 16.1. The summed E-state index contributed by atoms with van der Waals surface area (Å²) in [5.74, 6) is -0.107. The number of nitrogen functional groups attached to an aromatic ring is 1. The van der Waals surface area contributed by atoms with Crippen molar-refractivity contribution in [2.75, 3.05) is 5.73 Å². The normalized spacial score (nSPS) is 11.4. The van der Waals surface area contributed by atoms with E-state index in [1.807, 2.05) is 19.1 Å². The van der Waals surface area contributed by atoms with E-state index in [-0.39, 0.29) is 18.4 Å². The fraction of sp³-hybridized carbons (Fsp3) is 0.188. The number of nitriles is 1. The molecule has 0 fully saturated rings. The molecule has 21 heavy (non-hydrogen) atoms. The summed E-state index contributed by atoms with van der Waals surface area (Å²) in [6.45, 7) is 1.90. The second-order valence-corrected chi connectivity index (χ2v) is 4.78. The van der Waals surface area contributed by atoms with Gasteiger partial charge in [-0.1, -0.05) is 12.1 Å². The Bertz CT molecular complexity index is 656. The van der Waals surface area contributed by atoms with E-state index in [9.17, 15) is 4.79 Å². The average Bonchev–Trinajstić information content (AvgIpc) is 2.49. The van der Waals surface area contributed by atoms with E-state index in [4.69, 9.17) is 11.0 Å². The molecule has 0 spiro atoms. The van der Waals surface area contributed by atoms with E-state index in [2.05, 4.69) is 16.4 Å². The summed E-state index contributed by atoms with van der Waals surface area (Å²) in [6, 6.07) is 12.5. The van der Waals surface area contributed by atoms with Crippen LogP contribution in [0.25, 0.3) is 0 Å². The van der Waals surface area contributed by atoms with Gasteiger partial charge in [0.05, 0.1) is 36.0 Å². The van der Waals surface area contributed by atoms with Crippen LogP contribution in [0.1, 0.15) is 29.8 Å². The molecular formula is C16H16N4O. The molecule has 5 nitrogen and oxygen atoms in total. The Morgan fingerprint density at radius 2 is 2.05 bits per heavy atom. The minimum atomic E-state index is -0.126. The topological polar surface area (TPSA) is 91.8 Å². The van der Waals surface area contributed by atoms with Gasteiger partial charge < -0.3 is 11.1 Å². The van der Waals surface area contributed by atoms with Gasteiger partial charge in [-0.2, -0.15) is 5.26 Å². The Balaban J connectivity index is 1.95. The van der Waals surface area contributed by atoms with Gasteiger partial charge in [0.25, 0.3) is 0 Å². The van der Waals surface area contributed by atoms with Gasteiger partial charge in [0, 0.05) is 5.69 Å². The van der Waals surface area contributed by atoms with Crippen LogP contribution in [0.5, 0.6) is 0 Å². The Morgan fingerprint density at radius 1 is 1.33 bits per heavy atom. The first-order valence-electron chi connectivity index (χ1n) is 6.58. The second kappa shape index (κ2) is 6.53. The van der Waals surface area contributed by atoms with Gasteiger partial charge in [-0.15, -0.1) is 0 Å². The lowest BCUT2D eigenvalue weighted by Crippen LogP contribution is -2.28. The van der Waals surface area contributed by atoms with Crippen molar-refractivity contribution in [2.24, 2.45) is 0 Å². The molecule has 1 amide bonds. The number of anilines is 1. The lowest BCUT2D eigenvalue weighted by Gasteiger charge is -2.14. The lowest BCUT2D eigenvalue weighted by molar-refractivity contribution is -0.121. The van der Waals surface area contributed by atoms with Gasteiger partial charge in [0.2, 0.25) is 5.91 Å². The predicted octanol–water partition coefficient (Wildman–Crippen LogP) is 1.96. The third kappa shape index (κ3) is 4.05. The van der Waals surface area contributed by atoms with Crippen molar-refractivity contribution in [3.05, 3.63) is 59.4 Å². The average molecular weight is 280 g/mol. The van der Waals surface area contributed by atoms with Gasteiger partial charge in [-0.25, -0.2) is 0 Å². The standard InChI is InChI=1S/C16H16N4O/c1-11(13-4-2-12(9-17)3-5-13)20-16(21)8-15-7-6-14(18)10-19-15/h2-7,10-11H,8,18H2,1H3,(H,20,21). The molecule has 1 aromatic carbocycles. The number of rotatable bonds is 4. The molecule has 0 bridgehead atoms. The number of pyridine rings is 1. The molecule has 0 saturated carbocycles. The van der Waals surface area contributed by atoms with Crippen molar-refractivity contribution in [1.82, 2.24) is 10.3 Å². The quantitative estimate of drug-likeness (QED) is 0.895. The van der Waals surface area contributed by atoms with Crippen LogP contribution in [0.15, 0.2) is 42.6 Å². The van der Waals surface area contributed by atoms with E-state index in [1.165, 1.54) is 6.20 Å². The van der Waals surface area contributed by atoms with E-state index >= 15 is 0 Å². The van der Waals surface area contributed by atoms with Gasteiger partial charge in [0.15, 0.2) is 0 Å². The summed E-state index contributed by atoms with van der Waals surface area (Å²) in [7, 11) is 0. The monoisotopic (exact) mass is 280 g/mol. The molecule has 5 heteroatoms. The van der Waals surface area contributed by atoms with Gasteiger partial charge in [0.1, 0.15) is 0 Å². The van der Waals surface area contributed by atoms with Crippen LogP contribution in [-0.2, 0) is 11.2 Å². The number of carbonyl (C=O) groups excluding carboxylic acids is 1. The number of nitrogens with one attached hydrogen (secondary N) is 1. The minimum Gasteiger partial charge on any atom is -0.397 e. The van der Waals surface area contributed by atoms with Gasteiger partial charge in [-0.05, 0) is 36.8 Å². The van der Waals surface area contributed by atoms with Crippen LogP contribution < -0.4 is 11.1 Å². The molecule has 3 N–H and O–H groups in total. The highest BCUT2D eigenvalue weighted by atomic mass is 16.1. The van der Waals surface area contributed by atoms with Crippen LogP contribution in [-0.4, -0.2) is 10.9 Å². The molecule has 2 rings (SSSR count). The maximum absolute atomic E-state index is 12.0. The highest BCUT2D eigenvalue weighted by Gasteiger charge is 2.10. The molecule has 0 radical (unpaired) electrons. The first-order valence-corrected chi connectivity index (χ1v) is 6.58. The Kier molecular flexibility index (Phi) is 4.52. The summed E-state index contributed by atoms with van der Waals surface area (Å²) in [5, 5.41) is 11.7. The summed E-state index contributed by atoms with van der Waals surface area (Å²) in [6.07, 6.45) is 1.74. The maximum Gasteiger partial charge on any atom is 0.226 e. The third-order valence-electron chi connectivity index (χ3n) is 3.11. The number of hydrogen-bond donors (Lipinski definition) is 2. The molecule has 0 aliphatic heterocycles. The molecule has 1 heterocycles. The zero-order valence-electron chi connectivity index (χ0n) is 11.7. The van der Waals surface area contributed by atoms with Crippen molar-refractivity contribution >= 4 is 11.6 Å². The number of nitrogens with two attached hydrogens (primary N) is 1. The maximum atomic E-state index is 12.0. The molecule has 0 aliphatic carbocycles. The van der Waals surface area contributed by atoms with E-state index in [1.54, 1.807) is 24.3 Å². The molecule has 1 aromatic heterocycles. The zero-order valence-corrected chi connectivity index (χ0v) is 11.7. The number of hydrogen-bond acceptors (Lipinski definition) is 4. The number of carbonyl (C=O) groups is 1. The van der Waals surface area contributed by atoms with Crippen LogP contribution in [0, 0.1) is 11.3 Å². The number of amides is 1. The third-order valence-corrected chi connectivity index (χ3v) is 3.11. The molecule has 1 atom stereocenters. The van der Waals surface area contributed by atoms with Crippen molar-refractivity contribution < 1.29 is 4.79 Å². The largest absolute Gasteiger partial charge is 0.397 e. The lowest BCUT2D eigenvalue weighted by atomic mass is 10.1. The van der Waals surface area contributed by atoms with Crippen LogP contribution >= 0.6 is 0 Å². The smallest absolute Gasteiger partial charge is 0.226 e. The Morgan fingerprint density at radius 3 is 2.62 bits per heavy atom. The fourth-order valence-corrected chi connectivity index (χ4v) is 1.93. The predicted molar refractivity (Wildman–Crippen MR) is 80.1 cm³/mol. The van der Waals surface area contributed by atoms with Gasteiger partial charge in [-0.3, -0.25) is 9.78 Å². The minimum absolute atomic E-state index is 0.107. The van der Waals surface area contributed by atoms with Crippen molar-refractivity contribution in [1.29, 1.82) is 5.26 Å². The van der Waals surface area contributed by atoms with E-state index < -0.39 is 0 Å². The first-order chi connectivity index (χ1) is 10.1. The van der Waals surface area contributed by atoms with Crippen LogP contribution in [0.3, 0.4) is 0 Å². The summed E-state index contributed by atoms with van der Waals surface area (Å²) >= 11 is 0. The van der Waals surface area contributed by atoms with Crippen LogP contribution in [0.2, 0.25) is 0 Å². The Labute approximate surface area is 123 Å². The number of nitrogens with zero attached hydrogens (tertiary/aromatic N) is 2. The summed E-state index contributed by atoms with van der Waals surface area (Å²) in [5.41, 5.74) is 8.35. The Hall–Kier alpha value is -2.87. The highest BCUT2D eigenvalue weighted by molar-refractivity contribution is 5.78. The van der Waals surface area contributed by atoms with E-state index in [0.717, 1.165) is 5.56 Å². The van der Waals surface area contributed by atoms with Crippen molar-refractivity contribution in [3.63, 3.8) is 0 Å². The fourth-order valence-electron chi connectivity index (χ4n) is 1.93.